The summed E-state index contributed by atoms with van der Waals surface area (Å²) in [6.07, 6.45) is 4.88. The van der Waals surface area contributed by atoms with Crippen molar-refractivity contribution in [2.75, 3.05) is 30.0 Å². The normalized spacial score (nSPS) is 15.3. The van der Waals surface area contributed by atoms with Crippen LogP contribution in [-0.2, 0) is 10.0 Å². The van der Waals surface area contributed by atoms with Gasteiger partial charge in [0.15, 0.2) is 5.75 Å². The first-order valence-corrected chi connectivity index (χ1v) is 7.56. The van der Waals surface area contributed by atoms with Gasteiger partial charge in [-0.25, -0.2) is 13.4 Å². The van der Waals surface area contributed by atoms with E-state index in [0.717, 1.165) is 19.1 Å². The van der Waals surface area contributed by atoms with E-state index in [1.54, 1.807) is 17.2 Å². The second-order valence-electron chi connectivity index (χ2n) is 4.62. The molecule has 1 heterocycles. The van der Waals surface area contributed by atoms with Crippen molar-refractivity contribution in [2.24, 2.45) is 0 Å². The summed E-state index contributed by atoms with van der Waals surface area (Å²) < 4.78 is 30.8. The molecule has 1 aliphatic rings. The Morgan fingerprint density at radius 2 is 2.11 bits per heavy atom. The van der Waals surface area contributed by atoms with Crippen LogP contribution in [0.3, 0.4) is 0 Å². The first kappa shape index (κ1) is 12.9. The fourth-order valence-corrected chi connectivity index (χ4v) is 1.97. The fourth-order valence-electron chi connectivity index (χ4n) is 1.42. The van der Waals surface area contributed by atoms with E-state index in [1.165, 1.54) is 0 Å². The number of ether oxygens (including phenoxy) is 1. The van der Waals surface area contributed by atoms with Crippen LogP contribution in [0.4, 0.5) is 11.5 Å². The summed E-state index contributed by atoms with van der Waals surface area (Å²) >= 11 is 0. The van der Waals surface area contributed by atoms with Crippen LogP contribution in [0.5, 0.6) is 5.75 Å². The molecular formula is C11H17N3O3S. The van der Waals surface area contributed by atoms with E-state index >= 15 is 0 Å². The molecule has 0 atom stereocenters. The molecule has 1 saturated carbocycles. The summed E-state index contributed by atoms with van der Waals surface area (Å²) in [6.45, 7) is 0. The number of hydrogen-bond donors (Lipinski definition) is 1. The average Bonchev–Trinajstić information content (AvgIpc) is 3.02. The van der Waals surface area contributed by atoms with Crippen LogP contribution in [-0.4, -0.2) is 39.9 Å². The molecular weight excluding hydrogens is 254 g/mol. The lowest BCUT2D eigenvalue weighted by molar-refractivity contribution is 0.303. The van der Waals surface area contributed by atoms with Gasteiger partial charge in [0.1, 0.15) is 5.82 Å². The second-order valence-corrected chi connectivity index (χ2v) is 6.37. The van der Waals surface area contributed by atoms with Crippen LogP contribution in [0.15, 0.2) is 12.3 Å². The number of pyridine rings is 1. The monoisotopic (exact) mass is 271 g/mol. The van der Waals surface area contributed by atoms with Gasteiger partial charge in [-0.15, -0.1) is 0 Å². The van der Waals surface area contributed by atoms with Gasteiger partial charge >= 0.3 is 0 Å². The van der Waals surface area contributed by atoms with E-state index in [2.05, 4.69) is 9.71 Å². The maximum Gasteiger partial charge on any atom is 0.229 e. The van der Waals surface area contributed by atoms with E-state index < -0.39 is 10.0 Å². The summed E-state index contributed by atoms with van der Waals surface area (Å²) in [6, 6.07) is 1.67. The predicted octanol–water partition coefficient (Wildman–Crippen LogP) is 1.06. The van der Waals surface area contributed by atoms with Crippen LogP contribution >= 0.6 is 0 Å². The molecule has 100 valence electrons. The van der Waals surface area contributed by atoms with E-state index in [-0.39, 0.29) is 6.10 Å². The lowest BCUT2D eigenvalue weighted by atomic mass is 10.3. The Balaban J connectivity index is 2.32. The third-order valence-corrected chi connectivity index (χ3v) is 3.02. The number of anilines is 2. The number of rotatable bonds is 5. The number of nitrogens with one attached hydrogen (secondary N) is 1. The lowest BCUT2D eigenvalue weighted by Crippen LogP contribution is -2.15. The van der Waals surface area contributed by atoms with Crippen molar-refractivity contribution in [3.8, 4) is 5.75 Å². The van der Waals surface area contributed by atoms with Gasteiger partial charge in [-0.3, -0.25) is 4.72 Å². The molecule has 0 unspecified atom stereocenters. The van der Waals surface area contributed by atoms with Crippen molar-refractivity contribution in [3.63, 3.8) is 0 Å². The van der Waals surface area contributed by atoms with E-state index in [0.29, 0.717) is 17.3 Å². The second kappa shape index (κ2) is 4.64. The van der Waals surface area contributed by atoms with Crippen LogP contribution in [0, 0.1) is 0 Å². The summed E-state index contributed by atoms with van der Waals surface area (Å²) in [4.78, 5) is 6.02. The summed E-state index contributed by atoms with van der Waals surface area (Å²) in [5.41, 5.74) is 0.433. The first-order chi connectivity index (χ1) is 8.35. The smallest absolute Gasteiger partial charge is 0.229 e. The molecule has 1 fully saturated rings. The number of aromatic nitrogens is 1. The van der Waals surface area contributed by atoms with Crippen LogP contribution < -0.4 is 14.4 Å². The van der Waals surface area contributed by atoms with Gasteiger partial charge in [-0.05, 0) is 12.8 Å². The Hall–Kier alpha value is -1.50. The minimum atomic E-state index is -3.33. The van der Waals surface area contributed by atoms with Crippen molar-refractivity contribution in [1.29, 1.82) is 0 Å². The Kier molecular flexibility index (Phi) is 3.34. The molecule has 1 N–H and O–H groups in total. The highest BCUT2D eigenvalue weighted by Crippen LogP contribution is 2.33. The van der Waals surface area contributed by atoms with Gasteiger partial charge in [0, 0.05) is 20.2 Å². The van der Waals surface area contributed by atoms with Crippen molar-refractivity contribution in [1.82, 2.24) is 4.98 Å². The first-order valence-electron chi connectivity index (χ1n) is 5.67. The van der Waals surface area contributed by atoms with Crippen LogP contribution in [0.1, 0.15) is 12.8 Å². The number of nitrogens with zero attached hydrogens (tertiary/aromatic N) is 2. The largest absolute Gasteiger partial charge is 0.487 e. The summed E-state index contributed by atoms with van der Waals surface area (Å²) in [7, 11) is 0.349. The van der Waals surface area contributed by atoms with Gasteiger partial charge in [-0.2, -0.15) is 0 Å². The minimum Gasteiger partial charge on any atom is -0.487 e. The predicted molar refractivity (Wildman–Crippen MR) is 70.7 cm³/mol. The minimum absolute atomic E-state index is 0.192. The SMILES string of the molecule is CN(C)c1cc(NS(C)(=O)=O)c(OC2CC2)cn1. The molecule has 0 radical (unpaired) electrons. The zero-order chi connectivity index (χ0) is 13.3. The van der Waals surface area contributed by atoms with Crippen LogP contribution in [0.2, 0.25) is 0 Å². The molecule has 7 heteroatoms. The molecule has 0 aromatic carbocycles. The maximum atomic E-state index is 11.3. The Morgan fingerprint density at radius 1 is 1.44 bits per heavy atom. The Bertz CT molecular complexity index is 538. The highest BCUT2D eigenvalue weighted by molar-refractivity contribution is 7.92. The molecule has 0 amide bonds. The lowest BCUT2D eigenvalue weighted by Gasteiger charge is -2.16. The molecule has 6 nitrogen and oxygen atoms in total. The van der Waals surface area contributed by atoms with Crippen molar-refractivity contribution < 1.29 is 13.2 Å². The molecule has 18 heavy (non-hydrogen) atoms. The van der Waals surface area contributed by atoms with Crippen LogP contribution in [0.25, 0.3) is 0 Å². The van der Waals surface area contributed by atoms with Gasteiger partial charge in [0.25, 0.3) is 0 Å². The molecule has 0 spiro atoms. The summed E-state index contributed by atoms with van der Waals surface area (Å²) in [5.74, 6) is 1.15. The van der Waals surface area contributed by atoms with Crippen molar-refractivity contribution in [3.05, 3.63) is 12.3 Å². The zero-order valence-corrected chi connectivity index (χ0v) is 11.5. The molecule has 0 saturated heterocycles. The Morgan fingerprint density at radius 3 is 2.61 bits per heavy atom. The quantitative estimate of drug-likeness (QED) is 0.867. The molecule has 1 aromatic heterocycles. The van der Waals surface area contributed by atoms with Crippen molar-refractivity contribution >= 4 is 21.5 Å². The highest BCUT2D eigenvalue weighted by Gasteiger charge is 2.25. The average molecular weight is 271 g/mol. The van der Waals surface area contributed by atoms with Gasteiger partial charge in [0.2, 0.25) is 10.0 Å². The number of hydrogen-bond acceptors (Lipinski definition) is 5. The van der Waals surface area contributed by atoms with Gasteiger partial charge in [-0.1, -0.05) is 0 Å². The molecule has 0 aliphatic heterocycles. The molecule has 2 rings (SSSR count). The van der Waals surface area contributed by atoms with E-state index in [9.17, 15) is 8.42 Å². The number of sulfonamides is 1. The standard InChI is InChI=1S/C11H17N3O3S/c1-14(2)11-6-9(13-18(3,15)16)10(7-12-11)17-8-4-5-8/h6-8H,4-5H2,1-3H3,(H,12,13). The van der Waals surface area contributed by atoms with Crippen molar-refractivity contribution in [2.45, 2.75) is 18.9 Å². The zero-order valence-electron chi connectivity index (χ0n) is 10.7. The van der Waals surface area contributed by atoms with Gasteiger partial charge in [0.05, 0.1) is 24.2 Å². The van der Waals surface area contributed by atoms with E-state index in [1.807, 2.05) is 14.1 Å². The van der Waals surface area contributed by atoms with Gasteiger partial charge < -0.3 is 9.64 Å². The fraction of sp³-hybridized carbons (Fsp3) is 0.545. The maximum absolute atomic E-state index is 11.3. The topological polar surface area (TPSA) is 71.5 Å². The third kappa shape index (κ3) is 3.49. The third-order valence-electron chi connectivity index (χ3n) is 2.42. The molecule has 1 aliphatic carbocycles. The molecule has 0 bridgehead atoms. The highest BCUT2D eigenvalue weighted by atomic mass is 32.2. The van der Waals surface area contributed by atoms with E-state index in [4.69, 9.17) is 4.74 Å². The Labute approximate surface area is 107 Å². The molecule has 1 aromatic rings. The summed E-state index contributed by atoms with van der Waals surface area (Å²) in [5, 5.41) is 0.